The minimum absolute atomic E-state index is 0.0429. The maximum atomic E-state index is 14.2. The summed E-state index contributed by atoms with van der Waals surface area (Å²) in [6.07, 6.45) is 3.45. The van der Waals surface area contributed by atoms with Crippen molar-refractivity contribution >= 4 is 23.6 Å². The Balaban J connectivity index is 1.77. The largest absolute Gasteiger partial charge is 0.386 e. The Morgan fingerprint density at radius 3 is 2.02 bits per heavy atom. The van der Waals surface area contributed by atoms with Crippen molar-refractivity contribution in [1.82, 2.24) is 25.8 Å². The highest BCUT2D eigenvalue weighted by Crippen LogP contribution is 2.35. The molecule has 9 atom stereocenters. The topological polar surface area (TPSA) is 150 Å². The van der Waals surface area contributed by atoms with E-state index in [0.29, 0.717) is 18.5 Å². The molecule has 2 aliphatic rings. The van der Waals surface area contributed by atoms with Gasteiger partial charge in [-0.3, -0.25) is 19.2 Å². The molecule has 12 nitrogen and oxygen atoms in total. The van der Waals surface area contributed by atoms with Gasteiger partial charge in [-0.05, 0) is 63.0 Å². The van der Waals surface area contributed by atoms with E-state index in [4.69, 9.17) is 9.47 Å². The second kappa shape index (κ2) is 20.4. The van der Waals surface area contributed by atoms with Gasteiger partial charge >= 0.3 is 0 Å². The van der Waals surface area contributed by atoms with Crippen molar-refractivity contribution in [3.8, 4) is 0 Å². The summed E-state index contributed by atoms with van der Waals surface area (Å²) in [5, 5.41) is 19.9. The normalized spacial score (nSPS) is 21.2. The van der Waals surface area contributed by atoms with Gasteiger partial charge in [0.25, 0.3) is 0 Å². The second-order valence-corrected chi connectivity index (χ2v) is 15.6. The molecule has 4 amide bonds. The number of hydrogen-bond donors (Lipinski definition) is 4. The third kappa shape index (κ3) is 10.8. The molecule has 1 aromatic carbocycles. The third-order valence-electron chi connectivity index (χ3n) is 11.4. The fourth-order valence-electron chi connectivity index (χ4n) is 8.35. The van der Waals surface area contributed by atoms with Crippen LogP contribution in [0.1, 0.15) is 98.2 Å². The van der Waals surface area contributed by atoms with Gasteiger partial charge in [-0.25, -0.2) is 0 Å². The lowest BCUT2D eigenvalue weighted by Gasteiger charge is -2.41. The number of nitrogens with one attached hydrogen (secondary N) is 3. The molecule has 294 valence electrons. The van der Waals surface area contributed by atoms with Gasteiger partial charge in [0.2, 0.25) is 23.6 Å². The minimum Gasteiger partial charge on any atom is -0.386 e. The molecule has 1 saturated carbocycles. The summed E-state index contributed by atoms with van der Waals surface area (Å²) in [6.45, 7) is 11.9. The Kier molecular flexibility index (Phi) is 17.0. The smallest absolute Gasteiger partial charge is 0.245 e. The fraction of sp³-hybridized carbons (Fsp3) is 0.750. The molecule has 52 heavy (non-hydrogen) atoms. The maximum Gasteiger partial charge on any atom is 0.245 e. The highest BCUT2D eigenvalue weighted by Gasteiger charge is 2.44. The van der Waals surface area contributed by atoms with Crippen LogP contribution in [0.3, 0.4) is 0 Å². The molecule has 0 radical (unpaired) electrons. The summed E-state index contributed by atoms with van der Waals surface area (Å²) in [7, 11) is 6.68. The van der Waals surface area contributed by atoms with Crippen molar-refractivity contribution in [3.63, 3.8) is 0 Å². The van der Waals surface area contributed by atoms with E-state index in [1.165, 1.54) is 0 Å². The number of hydrogen-bond acceptors (Lipinski definition) is 8. The van der Waals surface area contributed by atoms with Gasteiger partial charge < -0.3 is 40.3 Å². The molecule has 1 aliphatic heterocycles. The average Bonchev–Trinajstić information content (AvgIpc) is 3.83. The molecular formula is C40H67N5O7. The number of likely N-dealkylation sites (tertiary alicyclic amines) is 1. The summed E-state index contributed by atoms with van der Waals surface area (Å²) in [6, 6.07) is 6.82. The van der Waals surface area contributed by atoms with Gasteiger partial charge in [0, 0.05) is 27.8 Å². The molecule has 3 rings (SSSR count). The van der Waals surface area contributed by atoms with Crippen LogP contribution in [-0.2, 0) is 28.7 Å². The minimum atomic E-state index is -0.871. The van der Waals surface area contributed by atoms with E-state index in [0.717, 1.165) is 32.1 Å². The van der Waals surface area contributed by atoms with Gasteiger partial charge in [-0.2, -0.15) is 0 Å². The van der Waals surface area contributed by atoms with Crippen molar-refractivity contribution in [2.75, 3.05) is 34.9 Å². The molecule has 0 unspecified atom stereocenters. The van der Waals surface area contributed by atoms with Gasteiger partial charge in [0.15, 0.2) is 0 Å². The summed E-state index contributed by atoms with van der Waals surface area (Å²) in [5.74, 6) is -1.34. The number of aliphatic hydroxyl groups excluding tert-OH is 1. The molecule has 1 aliphatic carbocycles. The first-order chi connectivity index (χ1) is 24.7. The van der Waals surface area contributed by atoms with E-state index in [1.807, 2.05) is 62.9 Å². The van der Waals surface area contributed by atoms with E-state index >= 15 is 0 Å². The van der Waals surface area contributed by atoms with Crippen molar-refractivity contribution in [3.05, 3.63) is 35.9 Å². The number of carbonyl (C=O) groups excluding carboxylic acids is 4. The number of nitrogens with zero attached hydrogens (tertiary/aromatic N) is 2. The number of aliphatic hydroxyl groups is 1. The first kappa shape index (κ1) is 43.3. The number of methoxy groups -OCH3 is 2. The highest BCUT2D eigenvalue weighted by molar-refractivity contribution is 5.90. The number of amides is 4. The lowest BCUT2D eigenvalue weighted by atomic mass is 9.88. The van der Waals surface area contributed by atoms with Crippen LogP contribution >= 0.6 is 0 Å². The molecule has 4 N–H and O–H groups in total. The average molecular weight is 730 g/mol. The van der Waals surface area contributed by atoms with Gasteiger partial charge in [0.1, 0.15) is 6.04 Å². The Bertz CT molecular complexity index is 1290. The summed E-state index contributed by atoms with van der Waals surface area (Å²) in [5.41, 5.74) is 0.716. The molecule has 1 saturated heterocycles. The van der Waals surface area contributed by atoms with E-state index in [-0.39, 0.29) is 59.9 Å². The van der Waals surface area contributed by atoms with Crippen molar-refractivity contribution < 1.29 is 33.8 Å². The van der Waals surface area contributed by atoms with Gasteiger partial charge in [-0.15, -0.1) is 0 Å². The zero-order chi connectivity index (χ0) is 38.7. The van der Waals surface area contributed by atoms with Crippen LogP contribution in [0.2, 0.25) is 0 Å². The monoisotopic (exact) mass is 730 g/mol. The number of rotatable bonds is 19. The van der Waals surface area contributed by atoms with Crippen molar-refractivity contribution in [2.24, 2.45) is 23.7 Å². The third-order valence-corrected chi connectivity index (χ3v) is 11.4. The number of ether oxygens (including phenoxy) is 2. The van der Waals surface area contributed by atoms with E-state index in [9.17, 15) is 24.3 Å². The van der Waals surface area contributed by atoms with Crippen LogP contribution in [-0.4, -0.2) is 116 Å². The van der Waals surface area contributed by atoms with E-state index < -0.39 is 42.4 Å². The molecule has 0 aromatic heterocycles. The molecule has 1 aromatic rings. The van der Waals surface area contributed by atoms with Crippen LogP contribution in [0, 0.1) is 23.7 Å². The highest BCUT2D eigenvalue weighted by atomic mass is 16.5. The maximum absolute atomic E-state index is 14.2. The SMILES string of the molecule is CN[C@H](C(=O)N[C@H](C(=O)N(C)[C@@H](C1CCCC1)[C@H](CC(=O)N1CCC[C@H]1[C@H](OC)[C@@H](C)C(=O)N[C@H](C)[C@H](O)c1ccccc1)OC)C(C)C)C(C)C. The zero-order valence-electron chi connectivity index (χ0n) is 33.3. The standard InChI is InChI=1S/C40H67N5O7/c1-24(2)33(41-7)39(49)43-34(25(3)4)40(50)44(8)35(28-17-14-15-18-28)31(51-9)23-32(46)45-22-16-21-30(45)37(52-10)26(5)38(48)42-27(6)36(47)29-19-12-11-13-20-29/h11-13,19-20,24-28,30-31,33-37,41,47H,14-18,21-23H2,1-10H3,(H,42,48)(H,43,49)/t26-,27-,30+,31+,33+,34+,35+,36+,37-/m1/s1. The molecule has 0 spiro atoms. The van der Waals surface area contributed by atoms with Crippen molar-refractivity contribution in [2.45, 2.75) is 135 Å². The zero-order valence-corrected chi connectivity index (χ0v) is 33.3. The lowest BCUT2D eigenvalue weighted by molar-refractivity contribution is -0.148. The first-order valence-electron chi connectivity index (χ1n) is 19.3. The predicted octanol–water partition coefficient (Wildman–Crippen LogP) is 3.67. The summed E-state index contributed by atoms with van der Waals surface area (Å²) >= 11 is 0. The van der Waals surface area contributed by atoms with Crippen LogP contribution in [0.25, 0.3) is 0 Å². The Morgan fingerprint density at radius 2 is 1.48 bits per heavy atom. The number of carbonyl (C=O) groups is 4. The quantitative estimate of drug-likeness (QED) is 0.169. The molecule has 0 bridgehead atoms. The van der Waals surface area contributed by atoms with Crippen LogP contribution < -0.4 is 16.0 Å². The Labute approximate surface area is 312 Å². The molecule has 1 heterocycles. The number of likely N-dealkylation sites (N-methyl/N-ethyl adjacent to an activating group) is 2. The van der Waals surface area contributed by atoms with Crippen LogP contribution in [0.15, 0.2) is 30.3 Å². The second-order valence-electron chi connectivity index (χ2n) is 15.6. The molecule has 2 fully saturated rings. The Hall–Kier alpha value is -3.06. The fourth-order valence-corrected chi connectivity index (χ4v) is 8.35. The molecule has 12 heteroatoms. The van der Waals surface area contributed by atoms with Crippen LogP contribution in [0.5, 0.6) is 0 Å². The summed E-state index contributed by atoms with van der Waals surface area (Å²) < 4.78 is 12.0. The summed E-state index contributed by atoms with van der Waals surface area (Å²) in [4.78, 5) is 58.7. The van der Waals surface area contributed by atoms with Crippen LogP contribution in [0.4, 0.5) is 0 Å². The predicted molar refractivity (Wildman–Crippen MR) is 202 cm³/mol. The molecular weight excluding hydrogens is 662 g/mol. The van der Waals surface area contributed by atoms with Gasteiger partial charge in [-0.1, -0.05) is 77.8 Å². The van der Waals surface area contributed by atoms with E-state index in [2.05, 4.69) is 16.0 Å². The lowest BCUT2D eigenvalue weighted by Crippen LogP contribution is -2.59. The Morgan fingerprint density at radius 1 is 0.865 bits per heavy atom. The van der Waals surface area contributed by atoms with E-state index in [1.54, 1.807) is 47.1 Å². The van der Waals surface area contributed by atoms with Crippen molar-refractivity contribution in [1.29, 1.82) is 0 Å². The van der Waals surface area contributed by atoms with Gasteiger partial charge in [0.05, 0.1) is 54.8 Å². The number of benzene rings is 1. The first-order valence-corrected chi connectivity index (χ1v) is 19.3.